The fraction of sp³-hybridized carbons (Fsp3) is 0.480. The molecule has 0 bridgehead atoms. The molecule has 170 valence electrons. The van der Waals surface area contributed by atoms with Crippen LogP contribution in [0.4, 0.5) is 10.1 Å². The molecule has 0 radical (unpaired) electrons. The normalized spacial score (nSPS) is 13.4. The average molecular weight is 438 g/mol. The molecule has 32 heavy (non-hydrogen) atoms. The smallest absolute Gasteiger partial charge is 0.254 e. The largest absolute Gasteiger partial charge is 0.381 e. The minimum absolute atomic E-state index is 0.132. The standard InChI is InChI=1S/C25H32FN5O/c1-5-8-19(9-6-2)29-23-21-13-27-31(7-3)24(21)28-16(4)22(23)15-30-14-17-10-11-18(26)12-20(17)25(30)32/h10-13,19H,5-9,14-15H2,1-4H3,(H,28,29). The van der Waals surface area contributed by atoms with E-state index in [4.69, 9.17) is 4.98 Å². The molecule has 0 spiro atoms. The van der Waals surface area contributed by atoms with Gasteiger partial charge in [0.05, 0.1) is 23.8 Å². The van der Waals surface area contributed by atoms with Crippen molar-refractivity contribution in [3.05, 3.63) is 52.6 Å². The second kappa shape index (κ2) is 9.27. The Hall–Kier alpha value is -2.96. The monoisotopic (exact) mass is 437 g/mol. The molecule has 3 aromatic rings. The summed E-state index contributed by atoms with van der Waals surface area (Å²) in [5, 5.41) is 9.32. The van der Waals surface area contributed by atoms with Crippen molar-refractivity contribution in [3.8, 4) is 0 Å². The number of pyridine rings is 1. The van der Waals surface area contributed by atoms with Gasteiger partial charge in [-0.3, -0.25) is 4.79 Å². The van der Waals surface area contributed by atoms with E-state index in [1.54, 1.807) is 11.0 Å². The molecule has 4 rings (SSSR count). The SMILES string of the molecule is CCCC(CCC)Nc1c(CN2Cc3ccc(F)cc3C2=O)c(C)nc2c1cnn2CC. The van der Waals surface area contributed by atoms with Gasteiger partial charge in [-0.25, -0.2) is 14.1 Å². The Bertz CT molecular complexity index is 1130. The van der Waals surface area contributed by atoms with Gasteiger partial charge in [0, 0.05) is 36.0 Å². The first kappa shape index (κ1) is 22.2. The first-order chi connectivity index (χ1) is 15.5. The van der Waals surface area contributed by atoms with Gasteiger partial charge in [-0.1, -0.05) is 32.8 Å². The van der Waals surface area contributed by atoms with Crippen molar-refractivity contribution in [2.75, 3.05) is 5.32 Å². The molecule has 1 aromatic carbocycles. The number of halogens is 1. The summed E-state index contributed by atoms with van der Waals surface area (Å²) in [5.74, 6) is -0.512. The molecule has 0 unspecified atom stereocenters. The number of amides is 1. The summed E-state index contributed by atoms with van der Waals surface area (Å²) in [6.45, 7) is 10.1. The molecule has 0 aliphatic carbocycles. The van der Waals surface area contributed by atoms with Crippen molar-refractivity contribution in [1.82, 2.24) is 19.7 Å². The molecule has 1 aliphatic rings. The molecule has 0 saturated heterocycles. The van der Waals surface area contributed by atoms with Gasteiger partial charge in [-0.2, -0.15) is 5.10 Å². The van der Waals surface area contributed by atoms with Gasteiger partial charge < -0.3 is 10.2 Å². The first-order valence-electron chi connectivity index (χ1n) is 11.7. The quantitative estimate of drug-likeness (QED) is 0.484. The third-order valence-electron chi connectivity index (χ3n) is 6.32. The van der Waals surface area contributed by atoms with Gasteiger partial charge >= 0.3 is 0 Å². The lowest BCUT2D eigenvalue weighted by Gasteiger charge is -2.25. The van der Waals surface area contributed by atoms with Crippen molar-refractivity contribution < 1.29 is 9.18 Å². The van der Waals surface area contributed by atoms with Crippen LogP contribution in [0, 0.1) is 12.7 Å². The van der Waals surface area contributed by atoms with E-state index in [9.17, 15) is 9.18 Å². The summed E-state index contributed by atoms with van der Waals surface area (Å²) in [6.07, 6.45) is 6.22. The van der Waals surface area contributed by atoms with Crippen LogP contribution < -0.4 is 5.32 Å². The summed E-state index contributed by atoms with van der Waals surface area (Å²) in [4.78, 5) is 19.7. The fourth-order valence-corrected chi connectivity index (χ4v) is 4.67. The number of nitrogens with zero attached hydrogens (tertiary/aromatic N) is 4. The molecule has 0 saturated carbocycles. The number of carbonyl (C=O) groups excluding carboxylic acids is 1. The summed E-state index contributed by atoms with van der Waals surface area (Å²) in [6, 6.07) is 4.81. The summed E-state index contributed by atoms with van der Waals surface area (Å²) in [7, 11) is 0. The fourth-order valence-electron chi connectivity index (χ4n) is 4.67. The number of carbonyl (C=O) groups is 1. The highest BCUT2D eigenvalue weighted by Gasteiger charge is 2.30. The lowest BCUT2D eigenvalue weighted by molar-refractivity contribution is 0.0766. The van der Waals surface area contributed by atoms with Crippen molar-refractivity contribution in [2.24, 2.45) is 0 Å². The van der Waals surface area contributed by atoms with Gasteiger partial charge in [0.25, 0.3) is 5.91 Å². The van der Waals surface area contributed by atoms with E-state index >= 15 is 0 Å². The maximum Gasteiger partial charge on any atom is 0.254 e. The van der Waals surface area contributed by atoms with E-state index in [-0.39, 0.29) is 11.7 Å². The highest BCUT2D eigenvalue weighted by Crippen LogP contribution is 2.33. The molecule has 3 heterocycles. The summed E-state index contributed by atoms with van der Waals surface area (Å²) in [5.41, 5.74) is 5.10. The molecule has 0 atom stereocenters. The highest BCUT2D eigenvalue weighted by molar-refractivity contribution is 5.98. The molecular weight excluding hydrogens is 405 g/mol. The van der Waals surface area contributed by atoms with Crippen molar-refractivity contribution in [2.45, 2.75) is 79.1 Å². The Kier molecular flexibility index (Phi) is 6.44. The second-order valence-electron chi connectivity index (χ2n) is 8.63. The van der Waals surface area contributed by atoms with E-state index < -0.39 is 0 Å². The number of hydrogen-bond donors (Lipinski definition) is 1. The van der Waals surface area contributed by atoms with Crippen LogP contribution in [-0.4, -0.2) is 31.6 Å². The minimum atomic E-state index is -0.380. The summed E-state index contributed by atoms with van der Waals surface area (Å²) < 4.78 is 15.6. The Morgan fingerprint density at radius 1 is 1.19 bits per heavy atom. The number of anilines is 1. The van der Waals surface area contributed by atoms with E-state index in [2.05, 4.69) is 31.2 Å². The van der Waals surface area contributed by atoms with Gasteiger partial charge in [-0.15, -0.1) is 0 Å². The van der Waals surface area contributed by atoms with Crippen LogP contribution in [0.2, 0.25) is 0 Å². The van der Waals surface area contributed by atoms with Crippen molar-refractivity contribution >= 4 is 22.6 Å². The number of rotatable bonds is 9. The van der Waals surface area contributed by atoms with Crippen LogP contribution in [0.5, 0.6) is 0 Å². The number of hydrogen-bond acceptors (Lipinski definition) is 4. The van der Waals surface area contributed by atoms with Gasteiger partial charge in [-0.05, 0) is 44.4 Å². The van der Waals surface area contributed by atoms with Crippen LogP contribution in [0.1, 0.15) is 73.6 Å². The molecule has 1 amide bonds. The second-order valence-corrected chi connectivity index (χ2v) is 8.63. The maximum absolute atomic E-state index is 13.7. The van der Waals surface area contributed by atoms with Crippen LogP contribution in [0.15, 0.2) is 24.4 Å². The number of aryl methyl sites for hydroxylation is 2. The average Bonchev–Trinajstić information content (AvgIpc) is 3.31. The molecule has 0 fully saturated rings. The lowest BCUT2D eigenvalue weighted by atomic mass is 10.0. The number of fused-ring (bicyclic) bond motifs is 2. The molecule has 7 heteroatoms. The maximum atomic E-state index is 13.7. The van der Waals surface area contributed by atoms with Crippen molar-refractivity contribution in [3.63, 3.8) is 0 Å². The van der Waals surface area contributed by atoms with E-state index in [0.717, 1.165) is 65.8 Å². The number of benzene rings is 1. The zero-order valence-corrected chi connectivity index (χ0v) is 19.4. The van der Waals surface area contributed by atoms with E-state index in [0.29, 0.717) is 24.7 Å². The molecule has 2 aromatic heterocycles. The Morgan fingerprint density at radius 3 is 2.62 bits per heavy atom. The number of aromatic nitrogens is 3. The first-order valence-corrected chi connectivity index (χ1v) is 11.7. The molecule has 1 N–H and O–H groups in total. The minimum Gasteiger partial charge on any atom is -0.381 e. The van der Waals surface area contributed by atoms with E-state index in [1.165, 1.54) is 12.1 Å². The zero-order valence-electron chi connectivity index (χ0n) is 19.4. The predicted octanol–water partition coefficient (Wildman–Crippen LogP) is 5.44. The lowest BCUT2D eigenvalue weighted by Crippen LogP contribution is -2.26. The van der Waals surface area contributed by atoms with Crippen LogP contribution in [0.25, 0.3) is 11.0 Å². The van der Waals surface area contributed by atoms with Crippen LogP contribution in [0.3, 0.4) is 0 Å². The Balaban J connectivity index is 1.75. The third-order valence-corrected chi connectivity index (χ3v) is 6.32. The predicted molar refractivity (Wildman–Crippen MR) is 125 cm³/mol. The van der Waals surface area contributed by atoms with Crippen molar-refractivity contribution in [1.29, 1.82) is 0 Å². The zero-order chi connectivity index (χ0) is 22.8. The Morgan fingerprint density at radius 2 is 1.94 bits per heavy atom. The third kappa shape index (κ3) is 4.08. The Labute approximate surface area is 188 Å². The number of nitrogens with one attached hydrogen (secondary N) is 1. The molecule has 6 nitrogen and oxygen atoms in total. The van der Waals surface area contributed by atoms with Gasteiger partial charge in [0.15, 0.2) is 5.65 Å². The van der Waals surface area contributed by atoms with Crippen LogP contribution >= 0.6 is 0 Å². The summed E-state index contributed by atoms with van der Waals surface area (Å²) >= 11 is 0. The van der Waals surface area contributed by atoms with Crippen LogP contribution in [-0.2, 0) is 19.6 Å². The molecule has 1 aliphatic heterocycles. The van der Waals surface area contributed by atoms with Gasteiger partial charge in [0.1, 0.15) is 5.82 Å². The van der Waals surface area contributed by atoms with E-state index in [1.807, 2.05) is 17.8 Å². The van der Waals surface area contributed by atoms with Gasteiger partial charge in [0.2, 0.25) is 0 Å². The topological polar surface area (TPSA) is 63.1 Å². The molecular formula is C25H32FN5O. The highest BCUT2D eigenvalue weighted by atomic mass is 19.1.